The van der Waals surface area contributed by atoms with Crippen molar-refractivity contribution in [3.05, 3.63) is 28.8 Å². The minimum atomic E-state index is -0.672. The van der Waals surface area contributed by atoms with E-state index in [4.69, 9.17) is 5.73 Å². The number of hydrogen-bond donors (Lipinski definition) is 4. The molecule has 3 rings (SSSR count). The lowest BCUT2D eigenvalue weighted by Crippen LogP contribution is -2.17. The Morgan fingerprint density at radius 2 is 2.35 bits per heavy atom. The average Bonchev–Trinajstić information content (AvgIpc) is 2.91. The third-order valence-electron chi connectivity index (χ3n) is 3.82. The van der Waals surface area contributed by atoms with E-state index in [1.54, 1.807) is 4.57 Å². The minimum absolute atomic E-state index is 0.00659. The number of nitrogens with two attached hydrogens (primary N) is 1. The van der Waals surface area contributed by atoms with E-state index in [2.05, 4.69) is 21.5 Å². The van der Waals surface area contributed by atoms with Crippen LogP contribution in [0.5, 0.6) is 0 Å². The van der Waals surface area contributed by atoms with Crippen LogP contribution >= 0.6 is 0 Å². The molecule has 1 saturated carbocycles. The van der Waals surface area contributed by atoms with Gasteiger partial charge in [0.05, 0.1) is 25.1 Å². The smallest absolute Gasteiger partial charge is 0.280 e. The zero-order valence-corrected chi connectivity index (χ0v) is 10.7. The van der Waals surface area contributed by atoms with Crippen LogP contribution in [-0.4, -0.2) is 42.4 Å². The molecule has 0 radical (unpaired) electrons. The van der Waals surface area contributed by atoms with E-state index in [0.29, 0.717) is 17.6 Å². The summed E-state index contributed by atoms with van der Waals surface area (Å²) in [6.45, 7) is 3.76. The van der Waals surface area contributed by atoms with Crippen LogP contribution < -0.4 is 11.3 Å². The first-order chi connectivity index (χ1) is 9.52. The SMILES string of the molecule is C=C1C(n2cnc3c(=O)[nH]c(N)nc32)C[C@@H](O)[C@@H]1CO. The third kappa shape index (κ3) is 1.73. The standard InChI is InChI=1S/C12H15N5O3/c1-5-6(3-18)8(19)2-7(5)17-4-14-9-10(17)15-12(13)16-11(9)20/h4,6-8,18-19H,1-3H2,(H3,13,15,16,20)/t6-,7?,8-/m1/s1. The average molecular weight is 277 g/mol. The van der Waals surface area contributed by atoms with Gasteiger partial charge in [0.1, 0.15) is 0 Å². The van der Waals surface area contributed by atoms with Crippen LogP contribution in [0.1, 0.15) is 12.5 Å². The number of aromatic amines is 1. The van der Waals surface area contributed by atoms with E-state index < -0.39 is 11.7 Å². The Bertz CT molecular complexity index is 734. The van der Waals surface area contributed by atoms with E-state index in [0.717, 1.165) is 0 Å². The lowest BCUT2D eigenvalue weighted by Gasteiger charge is -2.15. The fraction of sp³-hybridized carbons (Fsp3) is 0.417. The van der Waals surface area contributed by atoms with Crippen molar-refractivity contribution in [2.75, 3.05) is 12.3 Å². The molecule has 1 fully saturated rings. The van der Waals surface area contributed by atoms with E-state index in [-0.39, 0.29) is 30.0 Å². The normalized spacial score (nSPS) is 26.5. The molecule has 0 aliphatic heterocycles. The zero-order chi connectivity index (χ0) is 14.4. The maximum absolute atomic E-state index is 11.7. The van der Waals surface area contributed by atoms with Crippen molar-refractivity contribution in [2.45, 2.75) is 18.6 Å². The number of nitrogen functional groups attached to an aromatic ring is 1. The Balaban J connectivity index is 2.12. The Morgan fingerprint density at radius 3 is 3.00 bits per heavy atom. The summed E-state index contributed by atoms with van der Waals surface area (Å²) < 4.78 is 1.67. The summed E-state index contributed by atoms with van der Waals surface area (Å²) in [5, 5.41) is 19.2. The maximum atomic E-state index is 11.7. The molecule has 0 bridgehead atoms. The molecule has 1 aliphatic rings. The van der Waals surface area contributed by atoms with Crippen LogP contribution in [-0.2, 0) is 0 Å². The Labute approximate surface area is 113 Å². The van der Waals surface area contributed by atoms with Crippen molar-refractivity contribution in [1.29, 1.82) is 0 Å². The highest BCUT2D eigenvalue weighted by atomic mass is 16.3. The molecule has 5 N–H and O–H groups in total. The Hall–Kier alpha value is -2.19. The van der Waals surface area contributed by atoms with Gasteiger partial charge in [0.25, 0.3) is 5.56 Å². The molecule has 2 aromatic rings. The number of nitrogens with one attached hydrogen (secondary N) is 1. The van der Waals surface area contributed by atoms with Crippen molar-refractivity contribution in [1.82, 2.24) is 19.5 Å². The van der Waals surface area contributed by atoms with Gasteiger partial charge in [-0.15, -0.1) is 0 Å². The van der Waals surface area contributed by atoms with Crippen molar-refractivity contribution >= 4 is 17.1 Å². The first-order valence-corrected chi connectivity index (χ1v) is 6.23. The Kier molecular flexibility index (Phi) is 2.84. The summed E-state index contributed by atoms with van der Waals surface area (Å²) in [7, 11) is 0. The zero-order valence-electron chi connectivity index (χ0n) is 10.7. The molecule has 20 heavy (non-hydrogen) atoms. The molecule has 8 heteroatoms. The van der Waals surface area contributed by atoms with Crippen LogP contribution in [0.2, 0.25) is 0 Å². The molecule has 0 aromatic carbocycles. The molecule has 1 unspecified atom stereocenters. The summed E-state index contributed by atoms with van der Waals surface area (Å²) in [6, 6.07) is -0.263. The second-order valence-corrected chi connectivity index (χ2v) is 4.96. The third-order valence-corrected chi connectivity index (χ3v) is 3.82. The second kappa shape index (κ2) is 4.43. The van der Waals surface area contributed by atoms with Crippen molar-refractivity contribution in [3.8, 4) is 0 Å². The number of aliphatic hydroxyl groups excluding tert-OH is 2. The van der Waals surface area contributed by atoms with Gasteiger partial charge in [0, 0.05) is 5.92 Å². The number of rotatable bonds is 2. The predicted molar refractivity (Wildman–Crippen MR) is 71.9 cm³/mol. The molecule has 8 nitrogen and oxygen atoms in total. The summed E-state index contributed by atoms with van der Waals surface area (Å²) in [5.41, 5.74) is 6.37. The van der Waals surface area contributed by atoms with Gasteiger partial charge in [-0.1, -0.05) is 6.58 Å². The molecule has 1 aliphatic carbocycles. The molecule has 2 aromatic heterocycles. The highest BCUT2D eigenvalue weighted by Gasteiger charge is 2.37. The maximum Gasteiger partial charge on any atom is 0.280 e. The van der Waals surface area contributed by atoms with Gasteiger partial charge in [-0.2, -0.15) is 4.98 Å². The van der Waals surface area contributed by atoms with Crippen molar-refractivity contribution in [2.24, 2.45) is 5.92 Å². The molecular weight excluding hydrogens is 262 g/mol. The van der Waals surface area contributed by atoms with Crippen molar-refractivity contribution < 1.29 is 10.2 Å². The van der Waals surface area contributed by atoms with Gasteiger partial charge >= 0.3 is 0 Å². The minimum Gasteiger partial charge on any atom is -0.396 e. The topological polar surface area (TPSA) is 130 Å². The molecule has 3 atom stereocenters. The molecule has 0 spiro atoms. The monoisotopic (exact) mass is 277 g/mol. The molecule has 106 valence electrons. The van der Waals surface area contributed by atoms with Gasteiger partial charge < -0.3 is 20.5 Å². The number of H-pyrrole nitrogens is 1. The second-order valence-electron chi connectivity index (χ2n) is 4.96. The fourth-order valence-electron chi connectivity index (χ4n) is 2.74. The lowest BCUT2D eigenvalue weighted by molar-refractivity contribution is 0.101. The fourth-order valence-corrected chi connectivity index (χ4v) is 2.74. The van der Waals surface area contributed by atoms with Gasteiger partial charge in [0.15, 0.2) is 11.2 Å². The summed E-state index contributed by atoms with van der Waals surface area (Å²) in [4.78, 5) is 22.2. The van der Waals surface area contributed by atoms with Crippen molar-refractivity contribution in [3.63, 3.8) is 0 Å². The Morgan fingerprint density at radius 1 is 1.60 bits per heavy atom. The molecular formula is C12H15N5O3. The number of aromatic nitrogens is 4. The van der Waals surface area contributed by atoms with E-state index in [1.807, 2.05) is 0 Å². The molecule has 0 amide bonds. The summed E-state index contributed by atoms with van der Waals surface area (Å²) in [5.74, 6) is -0.371. The largest absolute Gasteiger partial charge is 0.396 e. The number of anilines is 1. The highest BCUT2D eigenvalue weighted by Crippen LogP contribution is 2.39. The lowest BCUT2D eigenvalue weighted by atomic mass is 10.0. The summed E-state index contributed by atoms with van der Waals surface area (Å²) >= 11 is 0. The first-order valence-electron chi connectivity index (χ1n) is 6.23. The van der Waals surface area contributed by atoms with Crippen LogP contribution in [0.4, 0.5) is 5.95 Å². The molecule has 2 heterocycles. The number of imidazole rings is 1. The quantitative estimate of drug-likeness (QED) is 0.530. The van der Waals surface area contributed by atoms with Gasteiger partial charge in [-0.25, -0.2) is 4.98 Å². The number of hydrogen-bond acceptors (Lipinski definition) is 6. The number of aliphatic hydroxyl groups is 2. The van der Waals surface area contributed by atoms with Gasteiger partial charge in [-0.3, -0.25) is 9.78 Å². The van der Waals surface area contributed by atoms with Gasteiger partial charge in [0.2, 0.25) is 5.95 Å². The van der Waals surface area contributed by atoms with E-state index >= 15 is 0 Å². The molecule has 0 saturated heterocycles. The first kappa shape index (κ1) is 12.8. The highest BCUT2D eigenvalue weighted by molar-refractivity contribution is 5.70. The predicted octanol–water partition coefficient (Wildman–Crippen LogP) is -0.828. The van der Waals surface area contributed by atoms with Crippen LogP contribution in [0.3, 0.4) is 0 Å². The van der Waals surface area contributed by atoms with Crippen LogP contribution in [0.25, 0.3) is 11.2 Å². The number of nitrogens with zero attached hydrogens (tertiary/aromatic N) is 3. The van der Waals surface area contributed by atoms with Crippen LogP contribution in [0, 0.1) is 5.92 Å². The van der Waals surface area contributed by atoms with E-state index in [9.17, 15) is 15.0 Å². The van der Waals surface area contributed by atoms with E-state index in [1.165, 1.54) is 6.33 Å². The van der Waals surface area contributed by atoms with Gasteiger partial charge in [-0.05, 0) is 12.0 Å². The summed E-state index contributed by atoms with van der Waals surface area (Å²) in [6.07, 6.45) is 1.20. The number of fused-ring (bicyclic) bond motifs is 1. The van der Waals surface area contributed by atoms with Crippen LogP contribution in [0.15, 0.2) is 23.3 Å².